The van der Waals surface area contributed by atoms with Gasteiger partial charge in [-0.25, -0.2) is 18.4 Å². The van der Waals surface area contributed by atoms with E-state index in [1.54, 1.807) is 32.6 Å². The Morgan fingerprint density at radius 3 is 2.32 bits per heavy atom. The van der Waals surface area contributed by atoms with Crippen molar-refractivity contribution in [2.45, 2.75) is 63.0 Å². The third-order valence-electron chi connectivity index (χ3n) is 6.04. The average Bonchev–Trinajstić information content (AvgIpc) is 3.43. The summed E-state index contributed by atoms with van der Waals surface area (Å²) in [4.78, 5) is 8.48. The Bertz CT molecular complexity index is 1030. The van der Waals surface area contributed by atoms with Crippen LogP contribution in [-0.4, -0.2) is 79.0 Å². The zero-order valence-corrected chi connectivity index (χ0v) is 21.3. The number of nitrogens with zero attached hydrogens (tertiary/aromatic N) is 5. The molecule has 4 atom stereocenters. The minimum Gasteiger partial charge on any atom is -0.494 e. The summed E-state index contributed by atoms with van der Waals surface area (Å²) in [5.74, 6) is 1.03. The number of anilines is 1. The van der Waals surface area contributed by atoms with Crippen molar-refractivity contribution < 1.29 is 28.8 Å². The maximum Gasteiger partial charge on any atom is 0.238 e. The molecule has 192 valence electrons. The van der Waals surface area contributed by atoms with Gasteiger partial charge >= 0.3 is 0 Å². The average molecular weight is 501 g/mol. The quantitative estimate of drug-likeness (QED) is 0.462. The van der Waals surface area contributed by atoms with Crippen molar-refractivity contribution in [3.63, 3.8) is 0 Å². The fourth-order valence-electron chi connectivity index (χ4n) is 3.89. The number of hydrogen-bond acceptors (Lipinski definition) is 10. The van der Waals surface area contributed by atoms with E-state index in [9.17, 15) is 8.42 Å². The minimum absolute atomic E-state index is 0. The molecule has 1 aliphatic rings. The van der Waals surface area contributed by atoms with Crippen LogP contribution < -0.4 is 9.46 Å². The molecule has 34 heavy (non-hydrogen) atoms. The summed E-state index contributed by atoms with van der Waals surface area (Å²) in [5, 5.41) is 7.61. The van der Waals surface area contributed by atoms with Crippen LogP contribution in [0.4, 0.5) is 5.95 Å². The first kappa shape index (κ1) is 26.3. The number of hydrogen-bond donors (Lipinski definition) is 1. The molecule has 0 bridgehead atoms. The summed E-state index contributed by atoms with van der Waals surface area (Å²) in [6.45, 7) is 5.92. The molecule has 0 amide bonds. The Kier molecular flexibility index (Phi) is 8.79. The van der Waals surface area contributed by atoms with Crippen LogP contribution in [-0.2, 0) is 24.2 Å². The Labute approximate surface area is 201 Å². The molecule has 2 aromatic heterocycles. The Morgan fingerprint density at radius 1 is 1.15 bits per heavy atom. The van der Waals surface area contributed by atoms with Crippen molar-refractivity contribution in [2.24, 2.45) is 0 Å². The number of methoxy groups -OCH3 is 3. The summed E-state index contributed by atoms with van der Waals surface area (Å²) in [6.07, 6.45) is 4.47. The third-order valence-corrected chi connectivity index (χ3v) is 7.90. The maximum atomic E-state index is 13.3. The van der Waals surface area contributed by atoms with Gasteiger partial charge in [-0.3, -0.25) is 9.29 Å². The van der Waals surface area contributed by atoms with Crippen molar-refractivity contribution in [2.75, 3.05) is 39.3 Å². The highest BCUT2D eigenvalue weighted by atomic mass is 32.2. The molecule has 3 heterocycles. The summed E-state index contributed by atoms with van der Waals surface area (Å²) >= 11 is 0. The van der Waals surface area contributed by atoms with Gasteiger partial charge < -0.3 is 18.9 Å². The molecule has 1 fully saturated rings. The lowest BCUT2D eigenvalue weighted by Crippen LogP contribution is -2.33. The zero-order valence-electron chi connectivity index (χ0n) is 20.5. The smallest absolute Gasteiger partial charge is 0.238 e. The lowest BCUT2D eigenvalue weighted by molar-refractivity contribution is 0.0406. The lowest BCUT2D eigenvalue weighted by atomic mass is 10.1. The van der Waals surface area contributed by atoms with E-state index < -0.39 is 21.2 Å². The van der Waals surface area contributed by atoms with E-state index in [2.05, 4.69) is 24.9 Å². The van der Waals surface area contributed by atoms with Gasteiger partial charge in [0.15, 0.2) is 11.6 Å². The van der Waals surface area contributed by atoms with Crippen LogP contribution in [0.5, 0.6) is 5.75 Å². The van der Waals surface area contributed by atoms with Gasteiger partial charge in [-0.05, 0) is 26.7 Å². The van der Waals surface area contributed by atoms with Crippen LogP contribution in [0.1, 0.15) is 64.8 Å². The van der Waals surface area contributed by atoms with Gasteiger partial charge in [-0.15, -0.1) is 10.2 Å². The highest BCUT2D eigenvalue weighted by Crippen LogP contribution is 2.34. The molecule has 0 aliphatic carbocycles. The summed E-state index contributed by atoms with van der Waals surface area (Å²) in [5.41, 5.74) is 0. The number of sulfonamides is 1. The second-order valence-electron chi connectivity index (χ2n) is 8.45. The van der Waals surface area contributed by atoms with Crippen molar-refractivity contribution in [3.05, 3.63) is 24.0 Å². The van der Waals surface area contributed by atoms with Gasteiger partial charge in [0.2, 0.25) is 16.0 Å². The van der Waals surface area contributed by atoms with E-state index in [1.807, 2.05) is 6.92 Å². The Morgan fingerprint density at radius 2 is 1.79 bits per heavy atom. The van der Waals surface area contributed by atoms with E-state index in [1.165, 1.54) is 19.5 Å². The fraction of sp³-hybridized carbons (Fsp3) is 0.714. The Balaban J connectivity index is 0.00000432. The molecule has 0 unspecified atom stereocenters. The van der Waals surface area contributed by atoms with E-state index in [0.717, 1.165) is 12.8 Å². The van der Waals surface area contributed by atoms with Crippen molar-refractivity contribution in [1.82, 2.24) is 24.7 Å². The topological polar surface area (TPSA) is 140 Å². The molecule has 1 aliphatic heterocycles. The van der Waals surface area contributed by atoms with Crippen molar-refractivity contribution in [3.8, 4) is 5.75 Å². The highest BCUT2D eigenvalue weighted by molar-refractivity contribution is 7.93. The SMILES string of the molecule is COCC(COC)n1c(NS(=O)(=O)[C@@H](C)[C@H](C)c2ncc(OC)cn2)nnc1[C@@H]1CC[C@H](C)O1.[HH]. The number of nitrogens with one attached hydrogen (secondary N) is 1. The largest absolute Gasteiger partial charge is 0.494 e. The third kappa shape index (κ3) is 5.82. The normalized spacial score (nSPS) is 20.4. The molecule has 1 N–H and O–H groups in total. The monoisotopic (exact) mass is 500 g/mol. The van der Waals surface area contributed by atoms with Crippen LogP contribution in [0.2, 0.25) is 0 Å². The zero-order chi connectivity index (χ0) is 24.9. The van der Waals surface area contributed by atoms with E-state index in [4.69, 9.17) is 18.9 Å². The molecule has 13 heteroatoms. The van der Waals surface area contributed by atoms with Gasteiger partial charge in [0.1, 0.15) is 11.9 Å². The van der Waals surface area contributed by atoms with Crippen LogP contribution >= 0.6 is 0 Å². The number of ether oxygens (including phenoxy) is 4. The molecule has 0 spiro atoms. The van der Waals surface area contributed by atoms with Gasteiger partial charge in [-0.1, -0.05) is 6.92 Å². The molecule has 12 nitrogen and oxygen atoms in total. The minimum atomic E-state index is -3.89. The van der Waals surface area contributed by atoms with E-state index >= 15 is 0 Å². The molecule has 3 rings (SSSR count). The van der Waals surface area contributed by atoms with Crippen LogP contribution in [0, 0.1) is 0 Å². The van der Waals surface area contributed by atoms with Crippen LogP contribution in [0.25, 0.3) is 0 Å². The number of rotatable bonds is 12. The first-order valence-electron chi connectivity index (χ1n) is 11.2. The molecule has 0 aromatic carbocycles. The summed E-state index contributed by atoms with van der Waals surface area (Å²) in [7, 11) is 0.770. The standard InChI is InChI=1S/C21H34N6O6S.H2/c1-13-7-8-18(33-13)20-24-25-21(27(20)16(11-30-4)12-31-5)26-34(28,29)15(3)14(2)19-22-9-17(32-6)10-23-19;/h9-10,13-16,18H,7-8,11-12H2,1-6H3,(H,25,26);1H/t13-,14-,15-,18-;/m0./s1. The molecular weight excluding hydrogens is 464 g/mol. The molecule has 2 aromatic rings. The van der Waals surface area contributed by atoms with Gasteiger partial charge in [0.05, 0.1) is 50.1 Å². The summed E-state index contributed by atoms with van der Waals surface area (Å²) < 4.78 is 52.8. The second-order valence-corrected chi connectivity index (χ2v) is 10.5. The molecule has 1 saturated heterocycles. The van der Waals surface area contributed by atoms with Gasteiger partial charge in [0.25, 0.3) is 0 Å². The van der Waals surface area contributed by atoms with E-state index in [0.29, 0.717) is 17.4 Å². The Hall–Kier alpha value is -2.35. The summed E-state index contributed by atoms with van der Waals surface area (Å²) in [6, 6.07) is -0.352. The first-order valence-corrected chi connectivity index (χ1v) is 12.7. The predicted octanol–water partition coefficient (Wildman–Crippen LogP) is 2.33. The second kappa shape index (κ2) is 11.4. The van der Waals surface area contributed by atoms with Crippen molar-refractivity contribution in [1.29, 1.82) is 0 Å². The van der Waals surface area contributed by atoms with E-state index in [-0.39, 0.29) is 38.8 Å². The van der Waals surface area contributed by atoms with Crippen LogP contribution in [0.15, 0.2) is 12.4 Å². The van der Waals surface area contributed by atoms with Gasteiger partial charge in [0, 0.05) is 21.6 Å². The van der Waals surface area contributed by atoms with Crippen LogP contribution in [0.3, 0.4) is 0 Å². The molecular formula is C21H36N6O6S. The molecule has 0 radical (unpaired) electrons. The first-order chi connectivity index (χ1) is 16.2. The van der Waals surface area contributed by atoms with Crippen molar-refractivity contribution >= 4 is 16.0 Å². The van der Waals surface area contributed by atoms with Gasteiger partial charge in [-0.2, -0.15) is 0 Å². The fourth-order valence-corrected chi connectivity index (χ4v) is 5.13. The maximum absolute atomic E-state index is 13.3. The molecule has 0 saturated carbocycles. The highest BCUT2D eigenvalue weighted by Gasteiger charge is 2.35. The lowest BCUT2D eigenvalue weighted by Gasteiger charge is -2.24. The number of aromatic nitrogens is 5. The predicted molar refractivity (Wildman–Crippen MR) is 126 cm³/mol.